The standard InChI is InChI=1S/C15H14INO5S/c1-21-14-8-7-12(9-13(14)16)23(19,20)17-11-5-3-10(4-6-11)15(18)22-2/h3-9,17H,1-2H3. The minimum atomic E-state index is -3.73. The average Bonchev–Trinajstić information content (AvgIpc) is 2.54. The van der Waals surface area contributed by atoms with Gasteiger partial charge in [-0.1, -0.05) is 0 Å². The molecule has 0 spiro atoms. The summed E-state index contributed by atoms with van der Waals surface area (Å²) in [6, 6.07) is 10.5. The molecule has 122 valence electrons. The van der Waals surface area contributed by atoms with Crippen LogP contribution in [0.5, 0.6) is 5.75 Å². The van der Waals surface area contributed by atoms with E-state index >= 15 is 0 Å². The predicted octanol–water partition coefficient (Wildman–Crippen LogP) is 2.89. The average molecular weight is 447 g/mol. The molecule has 2 aromatic carbocycles. The Morgan fingerprint density at radius 3 is 2.26 bits per heavy atom. The molecule has 0 aliphatic heterocycles. The highest BCUT2D eigenvalue weighted by Crippen LogP contribution is 2.25. The van der Waals surface area contributed by atoms with Crippen molar-refractivity contribution in [2.75, 3.05) is 18.9 Å². The Hall–Kier alpha value is -1.81. The molecule has 6 nitrogen and oxygen atoms in total. The fourth-order valence-corrected chi connectivity index (χ4v) is 3.85. The Labute approximate surface area is 148 Å². The minimum Gasteiger partial charge on any atom is -0.496 e. The zero-order valence-electron chi connectivity index (χ0n) is 12.4. The SMILES string of the molecule is COC(=O)c1ccc(NS(=O)(=O)c2ccc(OC)c(I)c2)cc1. The molecule has 2 aromatic rings. The highest BCUT2D eigenvalue weighted by molar-refractivity contribution is 14.1. The number of ether oxygens (including phenoxy) is 2. The van der Waals surface area contributed by atoms with Gasteiger partial charge in [0.2, 0.25) is 0 Å². The molecule has 0 aliphatic rings. The molecular weight excluding hydrogens is 433 g/mol. The molecule has 8 heteroatoms. The predicted molar refractivity (Wildman–Crippen MR) is 94.3 cm³/mol. The first-order chi connectivity index (χ1) is 10.9. The first-order valence-electron chi connectivity index (χ1n) is 6.42. The van der Waals surface area contributed by atoms with Gasteiger partial charge < -0.3 is 9.47 Å². The number of sulfonamides is 1. The third-order valence-corrected chi connectivity index (χ3v) is 5.21. The van der Waals surface area contributed by atoms with Gasteiger partial charge >= 0.3 is 5.97 Å². The molecule has 0 unspecified atom stereocenters. The van der Waals surface area contributed by atoms with Gasteiger partial charge in [0.15, 0.2) is 0 Å². The van der Waals surface area contributed by atoms with Gasteiger partial charge in [-0.25, -0.2) is 13.2 Å². The van der Waals surface area contributed by atoms with Crippen molar-refractivity contribution in [1.82, 2.24) is 0 Å². The van der Waals surface area contributed by atoms with Gasteiger partial charge in [-0.15, -0.1) is 0 Å². The maximum atomic E-state index is 12.4. The molecule has 0 radical (unpaired) electrons. The number of methoxy groups -OCH3 is 2. The number of rotatable bonds is 5. The fraction of sp³-hybridized carbons (Fsp3) is 0.133. The smallest absolute Gasteiger partial charge is 0.337 e. The Balaban J connectivity index is 2.24. The molecule has 0 atom stereocenters. The topological polar surface area (TPSA) is 81.7 Å². The number of nitrogens with one attached hydrogen (secondary N) is 1. The zero-order valence-corrected chi connectivity index (χ0v) is 15.3. The first kappa shape index (κ1) is 17.5. The third kappa shape index (κ3) is 4.14. The van der Waals surface area contributed by atoms with Crippen LogP contribution in [0.3, 0.4) is 0 Å². The van der Waals surface area contributed by atoms with Crippen molar-refractivity contribution in [2.24, 2.45) is 0 Å². The summed E-state index contributed by atoms with van der Waals surface area (Å²) in [6.45, 7) is 0. The lowest BCUT2D eigenvalue weighted by atomic mass is 10.2. The van der Waals surface area contributed by atoms with E-state index in [0.717, 1.165) is 0 Å². The Bertz CT molecular complexity index is 818. The van der Waals surface area contributed by atoms with Crippen molar-refractivity contribution < 1.29 is 22.7 Å². The Morgan fingerprint density at radius 2 is 1.74 bits per heavy atom. The summed E-state index contributed by atoms with van der Waals surface area (Å²) < 4.78 is 37.6. The van der Waals surface area contributed by atoms with E-state index in [1.165, 1.54) is 50.6 Å². The summed E-state index contributed by atoms with van der Waals surface area (Å²) in [5.41, 5.74) is 0.693. The quantitative estimate of drug-likeness (QED) is 0.563. The van der Waals surface area contributed by atoms with E-state index in [-0.39, 0.29) is 4.90 Å². The summed E-state index contributed by atoms with van der Waals surface area (Å²) in [7, 11) is -0.923. The molecule has 0 aromatic heterocycles. The van der Waals surface area contributed by atoms with Crippen molar-refractivity contribution in [3.05, 3.63) is 51.6 Å². The van der Waals surface area contributed by atoms with Crippen LogP contribution in [-0.2, 0) is 14.8 Å². The number of esters is 1. The van der Waals surface area contributed by atoms with Crippen LogP contribution in [0.1, 0.15) is 10.4 Å². The summed E-state index contributed by atoms with van der Waals surface area (Å²) in [4.78, 5) is 11.5. The first-order valence-corrected chi connectivity index (χ1v) is 8.98. The van der Waals surface area contributed by atoms with Gasteiger partial charge in [0.1, 0.15) is 5.75 Å². The van der Waals surface area contributed by atoms with Crippen LogP contribution >= 0.6 is 22.6 Å². The zero-order chi connectivity index (χ0) is 17.0. The summed E-state index contributed by atoms with van der Waals surface area (Å²) in [5, 5.41) is 0. The molecule has 0 fully saturated rings. The van der Waals surface area contributed by atoms with E-state index in [1.54, 1.807) is 6.07 Å². The number of anilines is 1. The van der Waals surface area contributed by atoms with Crippen LogP contribution in [0.25, 0.3) is 0 Å². The highest BCUT2D eigenvalue weighted by Gasteiger charge is 2.16. The molecule has 1 N–H and O–H groups in total. The summed E-state index contributed by atoms with van der Waals surface area (Å²) in [5.74, 6) is 0.121. The lowest BCUT2D eigenvalue weighted by Gasteiger charge is -2.10. The van der Waals surface area contributed by atoms with E-state index < -0.39 is 16.0 Å². The Kier molecular flexibility index (Phi) is 5.47. The van der Waals surface area contributed by atoms with Crippen molar-refractivity contribution >= 4 is 44.3 Å². The number of hydrogen-bond donors (Lipinski definition) is 1. The van der Waals surface area contributed by atoms with Crippen LogP contribution in [0.4, 0.5) is 5.69 Å². The van der Waals surface area contributed by atoms with Crippen molar-refractivity contribution in [3.8, 4) is 5.75 Å². The highest BCUT2D eigenvalue weighted by atomic mass is 127. The number of hydrogen-bond acceptors (Lipinski definition) is 5. The van der Waals surface area contributed by atoms with Crippen LogP contribution in [-0.4, -0.2) is 28.6 Å². The molecule has 2 rings (SSSR count). The van der Waals surface area contributed by atoms with E-state index in [1.807, 2.05) is 22.6 Å². The van der Waals surface area contributed by atoms with E-state index in [4.69, 9.17) is 4.74 Å². The molecule has 0 heterocycles. The van der Waals surface area contributed by atoms with E-state index in [0.29, 0.717) is 20.6 Å². The minimum absolute atomic E-state index is 0.125. The lowest BCUT2D eigenvalue weighted by Crippen LogP contribution is -2.13. The van der Waals surface area contributed by atoms with Gasteiger partial charge in [0.05, 0.1) is 28.2 Å². The summed E-state index contributed by atoms with van der Waals surface area (Å²) in [6.07, 6.45) is 0. The van der Waals surface area contributed by atoms with Crippen LogP contribution in [0, 0.1) is 3.57 Å². The molecule has 0 saturated heterocycles. The van der Waals surface area contributed by atoms with Crippen LogP contribution in [0.15, 0.2) is 47.4 Å². The van der Waals surface area contributed by atoms with Crippen molar-refractivity contribution in [2.45, 2.75) is 4.90 Å². The van der Waals surface area contributed by atoms with Crippen LogP contribution in [0.2, 0.25) is 0 Å². The van der Waals surface area contributed by atoms with Crippen molar-refractivity contribution in [3.63, 3.8) is 0 Å². The second-order valence-corrected chi connectivity index (χ2v) is 7.32. The monoisotopic (exact) mass is 447 g/mol. The summed E-state index contributed by atoms with van der Waals surface area (Å²) >= 11 is 2.00. The van der Waals surface area contributed by atoms with Crippen molar-refractivity contribution in [1.29, 1.82) is 0 Å². The van der Waals surface area contributed by atoms with Gasteiger partial charge in [0.25, 0.3) is 10.0 Å². The number of carbonyl (C=O) groups excluding carboxylic acids is 1. The largest absolute Gasteiger partial charge is 0.496 e. The Morgan fingerprint density at radius 1 is 1.09 bits per heavy atom. The molecular formula is C15H14INO5S. The van der Waals surface area contributed by atoms with E-state index in [9.17, 15) is 13.2 Å². The molecule has 0 bridgehead atoms. The molecule has 23 heavy (non-hydrogen) atoms. The third-order valence-electron chi connectivity index (χ3n) is 2.99. The normalized spacial score (nSPS) is 10.9. The van der Waals surface area contributed by atoms with Gasteiger partial charge in [-0.05, 0) is 65.1 Å². The fourth-order valence-electron chi connectivity index (χ4n) is 1.82. The number of halogens is 1. The molecule has 0 aliphatic carbocycles. The van der Waals surface area contributed by atoms with E-state index in [2.05, 4.69) is 9.46 Å². The molecule has 0 saturated carbocycles. The number of benzene rings is 2. The second-order valence-electron chi connectivity index (χ2n) is 4.47. The van der Waals surface area contributed by atoms with Gasteiger partial charge in [0, 0.05) is 5.69 Å². The second kappa shape index (κ2) is 7.18. The maximum absolute atomic E-state index is 12.4. The lowest BCUT2D eigenvalue weighted by molar-refractivity contribution is 0.0601. The number of carbonyl (C=O) groups is 1. The van der Waals surface area contributed by atoms with Crippen LogP contribution < -0.4 is 9.46 Å². The molecule has 0 amide bonds. The maximum Gasteiger partial charge on any atom is 0.337 e. The van der Waals surface area contributed by atoms with Gasteiger partial charge in [-0.3, -0.25) is 4.72 Å². The van der Waals surface area contributed by atoms with Gasteiger partial charge in [-0.2, -0.15) is 0 Å².